The average Bonchev–Trinajstić information content (AvgIpc) is 2.45. The SMILES string of the molecule is CC(C)CC(NC(=O)OC(C)(C)C)C(O)CSCc1ccccc1. The molecule has 5 heteroatoms. The van der Waals surface area contributed by atoms with Gasteiger partial charge in [-0.15, -0.1) is 0 Å². The Kier molecular flexibility index (Phi) is 8.63. The summed E-state index contributed by atoms with van der Waals surface area (Å²) in [4.78, 5) is 12.0. The van der Waals surface area contributed by atoms with Gasteiger partial charge in [0.15, 0.2) is 0 Å². The number of thioether (sulfide) groups is 1. The number of amides is 1. The molecule has 0 aliphatic heterocycles. The van der Waals surface area contributed by atoms with Crippen molar-refractivity contribution >= 4 is 17.9 Å². The Bertz CT molecular complexity index is 485. The van der Waals surface area contributed by atoms with Crippen LogP contribution < -0.4 is 5.32 Å². The molecule has 136 valence electrons. The van der Waals surface area contributed by atoms with Crippen molar-refractivity contribution < 1.29 is 14.6 Å². The summed E-state index contributed by atoms with van der Waals surface area (Å²) in [5.74, 6) is 1.79. The molecule has 0 radical (unpaired) electrons. The van der Waals surface area contributed by atoms with Crippen LogP contribution in [0.2, 0.25) is 0 Å². The van der Waals surface area contributed by atoms with Crippen molar-refractivity contribution in [2.75, 3.05) is 5.75 Å². The van der Waals surface area contributed by atoms with Crippen molar-refractivity contribution in [2.45, 2.75) is 64.5 Å². The van der Waals surface area contributed by atoms with Gasteiger partial charge in [0.05, 0.1) is 12.1 Å². The topological polar surface area (TPSA) is 58.6 Å². The van der Waals surface area contributed by atoms with E-state index in [-0.39, 0.29) is 6.04 Å². The molecule has 2 N–H and O–H groups in total. The minimum absolute atomic E-state index is 0.303. The summed E-state index contributed by atoms with van der Waals surface area (Å²) in [5.41, 5.74) is 0.689. The molecule has 0 fully saturated rings. The summed E-state index contributed by atoms with van der Waals surface area (Å²) < 4.78 is 5.31. The van der Waals surface area contributed by atoms with Crippen LogP contribution in [0.4, 0.5) is 4.79 Å². The summed E-state index contributed by atoms with van der Waals surface area (Å²) >= 11 is 1.67. The molecule has 2 unspecified atom stereocenters. The number of carbonyl (C=O) groups excluding carboxylic acids is 1. The zero-order valence-electron chi connectivity index (χ0n) is 15.4. The number of aliphatic hydroxyl groups excluding tert-OH is 1. The van der Waals surface area contributed by atoms with Gasteiger partial charge in [-0.2, -0.15) is 11.8 Å². The molecule has 0 heterocycles. The number of nitrogens with one attached hydrogen (secondary N) is 1. The normalized spacial score (nSPS) is 14.3. The Balaban J connectivity index is 2.51. The third-order valence-corrected chi connectivity index (χ3v) is 4.41. The Morgan fingerprint density at radius 2 is 1.88 bits per heavy atom. The standard InChI is InChI=1S/C19H31NO3S/c1-14(2)11-16(20-18(22)23-19(3,4)5)17(21)13-24-12-15-9-7-6-8-10-15/h6-10,14,16-17,21H,11-13H2,1-5H3,(H,20,22). The highest BCUT2D eigenvalue weighted by atomic mass is 32.2. The van der Waals surface area contributed by atoms with Crippen molar-refractivity contribution in [3.05, 3.63) is 35.9 Å². The second-order valence-corrected chi connectivity index (χ2v) is 8.48. The third-order valence-electron chi connectivity index (χ3n) is 3.29. The zero-order valence-corrected chi connectivity index (χ0v) is 16.2. The van der Waals surface area contributed by atoms with Crippen LogP contribution in [0.5, 0.6) is 0 Å². The largest absolute Gasteiger partial charge is 0.444 e. The first-order valence-electron chi connectivity index (χ1n) is 8.46. The Morgan fingerprint density at radius 1 is 1.25 bits per heavy atom. The number of hydrogen-bond donors (Lipinski definition) is 2. The number of ether oxygens (including phenoxy) is 1. The number of aliphatic hydroxyl groups is 1. The van der Waals surface area contributed by atoms with E-state index in [2.05, 4.69) is 31.3 Å². The van der Waals surface area contributed by atoms with E-state index in [4.69, 9.17) is 4.74 Å². The van der Waals surface area contributed by atoms with Crippen molar-refractivity contribution in [1.82, 2.24) is 5.32 Å². The van der Waals surface area contributed by atoms with Crippen LogP contribution in [-0.2, 0) is 10.5 Å². The van der Waals surface area contributed by atoms with Gasteiger partial charge in [-0.3, -0.25) is 0 Å². The monoisotopic (exact) mass is 353 g/mol. The van der Waals surface area contributed by atoms with Crippen LogP contribution in [0.3, 0.4) is 0 Å². The highest BCUT2D eigenvalue weighted by Crippen LogP contribution is 2.17. The van der Waals surface area contributed by atoms with Crippen LogP contribution in [0, 0.1) is 5.92 Å². The summed E-state index contributed by atoms with van der Waals surface area (Å²) in [5, 5.41) is 13.3. The van der Waals surface area contributed by atoms with Gasteiger partial charge in [0.25, 0.3) is 0 Å². The Labute approximate surface area is 150 Å². The number of benzene rings is 1. The molecular formula is C19H31NO3S. The molecule has 0 saturated carbocycles. The van der Waals surface area contributed by atoms with Crippen molar-refractivity contribution in [3.8, 4) is 0 Å². The fourth-order valence-electron chi connectivity index (χ4n) is 2.27. The van der Waals surface area contributed by atoms with E-state index in [1.54, 1.807) is 11.8 Å². The maximum atomic E-state index is 12.0. The smallest absolute Gasteiger partial charge is 0.407 e. The first-order valence-corrected chi connectivity index (χ1v) is 9.62. The van der Waals surface area contributed by atoms with Gasteiger partial charge in [-0.25, -0.2) is 4.79 Å². The highest BCUT2D eigenvalue weighted by molar-refractivity contribution is 7.98. The lowest BCUT2D eigenvalue weighted by Gasteiger charge is -2.27. The first kappa shape index (κ1) is 20.8. The zero-order chi connectivity index (χ0) is 18.2. The molecule has 0 bridgehead atoms. The summed E-state index contributed by atoms with van der Waals surface area (Å²) in [6.45, 7) is 9.64. The van der Waals surface area contributed by atoms with E-state index >= 15 is 0 Å². The van der Waals surface area contributed by atoms with Crippen LogP contribution in [-0.4, -0.2) is 34.7 Å². The minimum Gasteiger partial charge on any atom is -0.444 e. The molecule has 2 atom stereocenters. The van der Waals surface area contributed by atoms with Crippen LogP contribution >= 0.6 is 11.8 Å². The molecule has 1 rings (SSSR count). The molecule has 0 spiro atoms. The molecule has 0 saturated heterocycles. The van der Waals surface area contributed by atoms with E-state index in [0.717, 1.165) is 5.75 Å². The van der Waals surface area contributed by atoms with Gasteiger partial charge < -0.3 is 15.2 Å². The highest BCUT2D eigenvalue weighted by Gasteiger charge is 2.25. The van der Waals surface area contributed by atoms with Gasteiger partial charge in [-0.1, -0.05) is 44.2 Å². The van der Waals surface area contributed by atoms with Gasteiger partial charge in [0.2, 0.25) is 0 Å². The number of carbonyl (C=O) groups is 1. The Hall–Kier alpha value is -1.20. The average molecular weight is 354 g/mol. The predicted molar refractivity (Wildman–Crippen MR) is 101 cm³/mol. The maximum absolute atomic E-state index is 12.0. The van der Waals surface area contributed by atoms with E-state index in [1.165, 1.54) is 5.56 Å². The Morgan fingerprint density at radius 3 is 2.42 bits per heavy atom. The van der Waals surface area contributed by atoms with Crippen molar-refractivity contribution in [2.24, 2.45) is 5.92 Å². The summed E-state index contributed by atoms with van der Waals surface area (Å²) in [6, 6.07) is 9.86. The summed E-state index contributed by atoms with van der Waals surface area (Å²) in [7, 11) is 0. The second-order valence-electron chi connectivity index (χ2n) is 7.45. The molecule has 0 aliphatic rings. The molecular weight excluding hydrogens is 322 g/mol. The number of alkyl carbamates (subject to hydrolysis) is 1. The van der Waals surface area contributed by atoms with Crippen molar-refractivity contribution in [3.63, 3.8) is 0 Å². The lowest BCUT2D eigenvalue weighted by Crippen LogP contribution is -2.47. The predicted octanol–water partition coefficient (Wildman–Crippen LogP) is 4.22. The van der Waals surface area contributed by atoms with E-state index in [1.807, 2.05) is 39.0 Å². The van der Waals surface area contributed by atoms with Crippen LogP contribution in [0.1, 0.15) is 46.6 Å². The molecule has 1 aromatic carbocycles. The number of rotatable bonds is 8. The lowest BCUT2D eigenvalue weighted by atomic mass is 10.0. The molecule has 0 aliphatic carbocycles. The molecule has 1 aromatic rings. The quantitative estimate of drug-likeness (QED) is 0.735. The third kappa shape index (κ3) is 9.18. The van der Waals surface area contributed by atoms with E-state index in [0.29, 0.717) is 18.1 Å². The van der Waals surface area contributed by atoms with Gasteiger partial charge in [0.1, 0.15) is 5.60 Å². The maximum Gasteiger partial charge on any atom is 0.407 e. The van der Waals surface area contributed by atoms with Gasteiger partial charge in [0, 0.05) is 11.5 Å². The summed E-state index contributed by atoms with van der Waals surface area (Å²) in [6.07, 6.45) is -0.361. The second kappa shape index (κ2) is 9.94. The van der Waals surface area contributed by atoms with E-state index in [9.17, 15) is 9.90 Å². The molecule has 1 amide bonds. The fraction of sp³-hybridized carbons (Fsp3) is 0.632. The van der Waals surface area contributed by atoms with E-state index < -0.39 is 17.8 Å². The van der Waals surface area contributed by atoms with Gasteiger partial charge >= 0.3 is 6.09 Å². The molecule has 0 aromatic heterocycles. The van der Waals surface area contributed by atoms with Crippen LogP contribution in [0.15, 0.2) is 30.3 Å². The van der Waals surface area contributed by atoms with Gasteiger partial charge in [-0.05, 0) is 38.7 Å². The first-order chi connectivity index (χ1) is 11.2. The van der Waals surface area contributed by atoms with Crippen LogP contribution in [0.25, 0.3) is 0 Å². The number of hydrogen-bond acceptors (Lipinski definition) is 4. The molecule has 24 heavy (non-hydrogen) atoms. The minimum atomic E-state index is -0.603. The lowest BCUT2D eigenvalue weighted by molar-refractivity contribution is 0.0426. The van der Waals surface area contributed by atoms with Crippen molar-refractivity contribution in [1.29, 1.82) is 0 Å². The fourth-order valence-corrected chi connectivity index (χ4v) is 3.29. The molecule has 4 nitrogen and oxygen atoms in total.